The lowest BCUT2D eigenvalue weighted by Crippen LogP contribution is -2.09. The molecule has 0 radical (unpaired) electrons. The van der Waals surface area contributed by atoms with Crippen LogP contribution in [0.3, 0.4) is 0 Å². The Morgan fingerprint density at radius 2 is 1.71 bits per heavy atom. The SMILES string of the molecule is NC(=O)CCCCCCC1CCCC1. The average Bonchev–Trinajstić information content (AvgIpc) is 2.63. The average molecular weight is 197 g/mol. The van der Waals surface area contributed by atoms with Crippen molar-refractivity contribution >= 4 is 5.91 Å². The van der Waals surface area contributed by atoms with Crippen LogP contribution >= 0.6 is 0 Å². The van der Waals surface area contributed by atoms with Gasteiger partial charge in [-0.1, -0.05) is 51.4 Å². The van der Waals surface area contributed by atoms with Crippen LogP contribution in [0.5, 0.6) is 0 Å². The monoisotopic (exact) mass is 197 g/mol. The molecule has 14 heavy (non-hydrogen) atoms. The van der Waals surface area contributed by atoms with Gasteiger partial charge in [-0.2, -0.15) is 0 Å². The van der Waals surface area contributed by atoms with Gasteiger partial charge in [0, 0.05) is 6.42 Å². The van der Waals surface area contributed by atoms with Gasteiger partial charge in [-0.05, 0) is 12.3 Å². The third kappa shape index (κ3) is 5.25. The number of rotatable bonds is 7. The summed E-state index contributed by atoms with van der Waals surface area (Å²) < 4.78 is 0. The van der Waals surface area contributed by atoms with Crippen LogP contribution in [-0.2, 0) is 4.79 Å². The van der Waals surface area contributed by atoms with Crippen LogP contribution in [0.2, 0.25) is 0 Å². The highest BCUT2D eigenvalue weighted by Crippen LogP contribution is 2.29. The van der Waals surface area contributed by atoms with E-state index in [1.54, 1.807) is 0 Å². The summed E-state index contributed by atoms with van der Waals surface area (Å²) in [5.74, 6) is 0.868. The second-order valence-corrected chi connectivity index (χ2v) is 4.57. The number of hydrogen-bond donors (Lipinski definition) is 1. The molecule has 0 aromatic heterocycles. The lowest BCUT2D eigenvalue weighted by atomic mass is 9.99. The summed E-state index contributed by atoms with van der Waals surface area (Å²) in [6.07, 6.45) is 12.6. The normalized spacial score (nSPS) is 17.4. The van der Waals surface area contributed by atoms with E-state index in [1.807, 2.05) is 0 Å². The van der Waals surface area contributed by atoms with E-state index in [1.165, 1.54) is 51.4 Å². The van der Waals surface area contributed by atoms with Gasteiger partial charge < -0.3 is 5.73 Å². The van der Waals surface area contributed by atoms with Crippen LogP contribution in [0, 0.1) is 5.92 Å². The molecule has 82 valence electrons. The van der Waals surface area contributed by atoms with E-state index < -0.39 is 0 Å². The van der Waals surface area contributed by atoms with E-state index in [2.05, 4.69) is 0 Å². The smallest absolute Gasteiger partial charge is 0.217 e. The van der Waals surface area contributed by atoms with Crippen LogP contribution in [-0.4, -0.2) is 5.91 Å². The first-order chi connectivity index (χ1) is 6.79. The molecule has 1 saturated carbocycles. The van der Waals surface area contributed by atoms with E-state index in [0.717, 1.165) is 12.3 Å². The molecule has 1 rings (SSSR count). The van der Waals surface area contributed by atoms with Gasteiger partial charge in [-0.15, -0.1) is 0 Å². The van der Waals surface area contributed by atoms with E-state index in [0.29, 0.717) is 6.42 Å². The summed E-state index contributed by atoms with van der Waals surface area (Å²) in [7, 11) is 0. The third-order valence-corrected chi connectivity index (χ3v) is 3.26. The van der Waals surface area contributed by atoms with Crippen LogP contribution in [0.1, 0.15) is 64.2 Å². The first kappa shape index (κ1) is 11.5. The zero-order chi connectivity index (χ0) is 10.2. The van der Waals surface area contributed by atoms with Crippen molar-refractivity contribution in [2.24, 2.45) is 11.7 Å². The Kier molecular flexibility index (Phi) is 5.65. The van der Waals surface area contributed by atoms with Crippen molar-refractivity contribution in [3.05, 3.63) is 0 Å². The van der Waals surface area contributed by atoms with Crippen molar-refractivity contribution in [2.45, 2.75) is 64.2 Å². The maximum atomic E-state index is 10.5. The number of unbranched alkanes of at least 4 members (excludes halogenated alkanes) is 3. The Morgan fingerprint density at radius 1 is 1.07 bits per heavy atom. The van der Waals surface area contributed by atoms with Gasteiger partial charge in [0.25, 0.3) is 0 Å². The topological polar surface area (TPSA) is 43.1 Å². The van der Waals surface area contributed by atoms with Crippen molar-refractivity contribution in [3.8, 4) is 0 Å². The second-order valence-electron chi connectivity index (χ2n) is 4.57. The number of hydrogen-bond acceptors (Lipinski definition) is 1. The van der Waals surface area contributed by atoms with Crippen LogP contribution in [0.25, 0.3) is 0 Å². The fourth-order valence-electron chi connectivity index (χ4n) is 2.38. The Labute approximate surface area is 87.2 Å². The van der Waals surface area contributed by atoms with Gasteiger partial charge in [0.05, 0.1) is 0 Å². The molecule has 0 bridgehead atoms. The number of carbonyl (C=O) groups excluding carboxylic acids is 1. The molecule has 0 aliphatic heterocycles. The van der Waals surface area contributed by atoms with Crippen molar-refractivity contribution in [2.75, 3.05) is 0 Å². The fraction of sp³-hybridized carbons (Fsp3) is 0.917. The van der Waals surface area contributed by atoms with Gasteiger partial charge in [-0.25, -0.2) is 0 Å². The van der Waals surface area contributed by atoms with Crippen molar-refractivity contribution in [3.63, 3.8) is 0 Å². The van der Waals surface area contributed by atoms with Crippen LogP contribution in [0.4, 0.5) is 0 Å². The molecular weight excluding hydrogens is 174 g/mol. The predicted molar refractivity (Wildman–Crippen MR) is 58.9 cm³/mol. The third-order valence-electron chi connectivity index (χ3n) is 3.26. The standard InChI is InChI=1S/C12H23NO/c13-12(14)10-4-2-1-3-7-11-8-5-6-9-11/h11H,1-10H2,(H2,13,14). The number of primary amides is 1. The van der Waals surface area contributed by atoms with Crippen molar-refractivity contribution < 1.29 is 4.79 Å². The van der Waals surface area contributed by atoms with E-state index >= 15 is 0 Å². The molecule has 2 heteroatoms. The Morgan fingerprint density at radius 3 is 2.36 bits per heavy atom. The zero-order valence-electron chi connectivity index (χ0n) is 9.13. The quantitative estimate of drug-likeness (QED) is 0.626. The Balaban J connectivity index is 1.82. The van der Waals surface area contributed by atoms with E-state index in [-0.39, 0.29) is 5.91 Å². The second kappa shape index (κ2) is 6.86. The molecule has 1 aliphatic rings. The molecule has 0 aromatic carbocycles. The molecular formula is C12H23NO. The molecule has 0 atom stereocenters. The molecule has 1 aliphatic carbocycles. The summed E-state index contributed by atoms with van der Waals surface area (Å²) in [6.45, 7) is 0. The fourth-order valence-corrected chi connectivity index (χ4v) is 2.38. The van der Waals surface area contributed by atoms with E-state index in [9.17, 15) is 4.79 Å². The summed E-state index contributed by atoms with van der Waals surface area (Å²) in [6, 6.07) is 0. The Hall–Kier alpha value is -0.530. The lowest BCUT2D eigenvalue weighted by molar-refractivity contribution is -0.118. The number of nitrogens with two attached hydrogens (primary N) is 1. The minimum atomic E-state index is -0.152. The van der Waals surface area contributed by atoms with Crippen LogP contribution in [0.15, 0.2) is 0 Å². The number of amides is 1. The summed E-state index contributed by atoms with van der Waals surface area (Å²) in [5, 5.41) is 0. The highest BCUT2D eigenvalue weighted by atomic mass is 16.1. The molecule has 1 amide bonds. The van der Waals surface area contributed by atoms with Gasteiger partial charge in [-0.3, -0.25) is 4.79 Å². The van der Waals surface area contributed by atoms with Gasteiger partial charge in [0.15, 0.2) is 0 Å². The van der Waals surface area contributed by atoms with Crippen molar-refractivity contribution in [1.82, 2.24) is 0 Å². The van der Waals surface area contributed by atoms with Gasteiger partial charge in [0.2, 0.25) is 5.91 Å². The first-order valence-corrected chi connectivity index (χ1v) is 6.07. The van der Waals surface area contributed by atoms with Crippen LogP contribution < -0.4 is 5.73 Å². The molecule has 1 fully saturated rings. The zero-order valence-corrected chi connectivity index (χ0v) is 9.13. The van der Waals surface area contributed by atoms with Crippen molar-refractivity contribution in [1.29, 1.82) is 0 Å². The minimum absolute atomic E-state index is 0.152. The molecule has 0 heterocycles. The van der Waals surface area contributed by atoms with Gasteiger partial charge >= 0.3 is 0 Å². The molecule has 2 nitrogen and oxygen atoms in total. The highest BCUT2D eigenvalue weighted by molar-refractivity contribution is 5.73. The molecule has 0 saturated heterocycles. The minimum Gasteiger partial charge on any atom is -0.370 e. The predicted octanol–water partition coefficient (Wildman–Crippen LogP) is 3.00. The lowest BCUT2D eigenvalue weighted by Gasteiger charge is -2.07. The van der Waals surface area contributed by atoms with Gasteiger partial charge in [0.1, 0.15) is 0 Å². The molecule has 0 spiro atoms. The maximum Gasteiger partial charge on any atom is 0.217 e. The largest absolute Gasteiger partial charge is 0.370 e. The first-order valence-electron chi connectivity index (χ1n) is 6.07. The Bertz CT molecular complexity index is 162. The molecule has 2 N–H and O–H groups in total. The number of carbonyl (C=O) groups is 1. The summed E-state index contributed by atoms with van der Waals surface area (Å²) >= 11 is 0. The molecule has 0 aromatic rings. The summed E-state index contributed by atoms with van der Waals surface area (Å²) in [4.78, 5) is 10.5. The van der Waals surface area contributed by atoms with E-state index in [4.69, 9.17) is 5.73 Å². The summed E-state index contributed by atoms with van der Waals surface area (Å²) in [5.41, 5.74) is 5.07. The molecule has 0 unspecified atom stereocenters. The maximum absolute atomic E-state index is 10.5. The highest BCUT2D eigenvalue weighted by Gasteiger charge is 2.13.